The molecule has 14 heavy (non-hydrogen) atoms. The summed E-state index contributed by atoms with van der Waals surface area (Å²) in [6.45, 7) is 3.04. The zero-order valence-electron chi connectivity index (χ0n) is 8.43. The van der Waals surface area contributed by atoms with Crippen LogP contribution >= 0.6 is 0 Å². The molecule has 1 atom stereocenters. The summed E-state index contributed by atoms with van der Waals surface area (Å²) in [5.41, 5.74) is 1.97. The second-order valence-electron chi connectivity index (χ2n) is 3.69. The summed E-state index contributed by atoms with van der Waals surface area (Å²) in [6, 6.07) is 3.01. The van der Waals surface area contributed by atoms with Gasteiger partial charge in [-0.3, -0.25) is 0 Å². The molecule has 76 valence electrons. The van der Waals surface area contributed by atoms with Gasteiger partial charge in [-0.25, -0.2) is 4.39 Å². The van der Waals surface area contributed by atoms with E-state index in [9.17, 15) is 4.39 Å². The number of methoxy groups -OCH3 is 1. The van der Waals surface area contributed by atoms with Gasteiger partial charge in [0.15, 0.2) is 0 Å². The molecule has 0 aliphatic carbocycles. The molecule has 3 heteroatoms. The van der Waals surface area contributed by atoms with Crippen LogP contribution < -0.4 is 10.1 Å². The predicted molar refractivity (Wildman–Crippen MR) is 54.5 cm³/mol. The molecular weight excluding hydrogens is 181 g/mol. The molecule has 0 bridgehead atoms. The van der Waals surface area contributed by atoms with E-state index in [0.717, 1.165) is 24.2 Å². The Morgan fingerprint density at radius 2 is 2.29 bits per heavy atom. The maximum atomic E-state index is 13.2. The lowest BCUT2D eigenvalue weighted by molar-refractivity contribution is 0.410. The van der Waals surface area contributed by atoms with Gasteiger partial charge in [-0.2, -0.15) is 0 Å². The van der Waals surface area contributed by atoms with Gasteiger partial charge < -0.3 is 10.1 Å². The second-order valence-corrected chi connectivity index (χ2v) is 3.69. The van der Waals surface area contributed by atoms with Gasteiger partial charge in [0, 0.05) is 12.6 Å². The monoisotopic (exact) mass is 195 g/mol. The summed E-state index contributed by atoms with van der Waals surface area (Å²) in [7, 11) is 1.57. The van der Waals surface area contributed by atoms with Gasteiger partial charge in [-0.05, 0) is 24.0 Å². The molecule has 1 aliphatic heterocycles. The molecule has 1 aromatic rings. The lowest BCUT2D eigenvalue weighted by Crippen LogP contribution is -2.16. The minimum atomic E-state index is -0.226. The number of rotatable bonds is 1. The molecule has 1 aromatic carbocycles. The Labute approximate surface area is 83.1 Å². The smallest absolute Gasteiger partial charge is 0.145 e. The molecule has 0 saturated heterocycles. The van der Waals surface area contributed by atoms with Crippen LogP contribution in [0.5, 0.6) is 5.75 Å². The van der Waals surface area contributed by atoms with Crippen LogP contribution in [0.3, 0.4) is 0 Å². The second kappa shape index (κ2) is 3.48. The van der Waals surface area contributed by atoms with E-state index in [0.29, 0.717) is 11.7 Å². The molecule has 1 heterocycles. The number of fused-ring (bicyclic) bond motifs is 1. The maximum Gasteiger partial charge on any atom is 0.145 e. The number of halogens is 1. The van der Waals surface area contributed by atoms with E-state index in [4.69, 9.17) is 4.74 Å². The van der Waals surface area contributed by atoms with Gasteiger partial charge in [-0.15, -0.1) is 0 Å². The first-order valence-electron chi connectivity index (χ1n) is 4.83. The van der Waals surface area contributed by atoms with Crippen molar-refractivity contribution in [2.75, 3.05) is 19.0 Å². The minimum absolute atomic E-state index is 0.226. The van der Waals surface area contributed by atoms with E-state index in [1.165, 1.54) is 6.07 Å². The summed E-state index contributed by atoms with van der Waals surface area (Å²) in [6.07, 6.45) is 1.04. The Hall–Kier alpha value is -1.25. The van der Waals surface area contributed by atoms with Gasteiger partial charge in [0.25, 0.3) is 0 Å². The highest BCUT2D eigenvalue weighted by atomic mass is 19.1. The van der Waals surface area contributed by atoms with Crippen LogP contribution in [0.25, 0.3) is 0 Å². The Balaban J connectivity index is 2.54. The first kappa shape index (κ1) is 9.31. The van der Waals surface area contributed by atoms with E-state index >= 15 is 0 Å². The normalized spacial score (nSPS) is 19.8. The third-order valence-electron chi connectivity index (χ3n) is 2.73. The maximum absolute atomic E-state index is 13.2. The SMILES string of the molecule is COc1cc(F)cc2c1NCCC2C. The van der Waals surface area contributed by atoms with Crippen LogP contribution in [0.4, 0.5) is 10.1 Å². The molecule has 1 aliphatic rings. The van der Waals surface area contributed by atoms with Crippen molar-refractivity contribution in [3.05, 3.63) is 23.5 Å². The molecular formula is C11H14FNO. The molecule has 2 nitrogen and oxygen atoms in total. The molecule has 0 aromatic heterocycles. The number of benzene rings is 1. The first-order chi connectivity index (χ1) is 6.72. The van der Waals surface area contributed by atoms with Crippen molar-refractivity contribution in [2.45, 2.75) is 19.3 Å². The van der Waals surface area contributed by atoms with E-state index in [1.807, 2.05) is 0 Å². The number of nitrogens with one attached hydrogen (secondary N) is 1. The number of anilines is 1. The van der Waals surface area contributed by atoms with Gasteiger partial charge in [0.05, 0.1) is 12.8 Å². The first-order valence-corrected chi connectivity index (χ1v) is 4.83. The quantitative estimate of drug-likeness (QED) is 0.744. The van der Waals surface area contributed by atoms with Crippen molar-refractivity contribution in [3.63, 3.8) is 0 Å². The molecule has 0 saturated carbocycles. The highest BCUT2D eigenvalue weighted by Gasteiger charge is 2.20. The largest absolute Gasteiger partial charge is 0.494 e. The van der Waals surface area contributed by atoms with E-state index < -0.39 is 0 Å². The van der Waals surface area contributed by atoms with Crippen LogP contribution in [-0.2, 0) is 0 Å². The topological polar surface area (TPSA) is 21.3 Å². The molecule has 2 rings (SSSR count). The Kier molecular flexibility index (Phi) is 2.32. The average Bonchev–Trinajstić information content (AvgIpc) is 2.18. The summed E-state index contributed by atoms with van der Waals surface area (Å²) >= 11 is 0. The average molecular weight is 195 g/mol. The highest BCUT2D eigenvalue weighted by molar-refractivity contribution is 5.64. The molecule has 0 spiro atoms. The van der Waals surface area contributed by atoms with Crippen molar-refractivity contribution in [3.8, 4) is 5.75 Å². The van der Waals surface area contributed by atoms with Crippen molar-refractivity contribution in [1.82, 2.24) is 0 Å². The lowest BCUT2D eigenvalue weighted by Gasteiger charge is -2.25. The molecule has 1 unspecified atom stereocenters. The molecule has 0 radical (unpaired) electrons. The van der Waals surface area contributed by atoms with Crippen LogP contribution in [0.15, 0.2) is 12.1 Å². The third-order valence-corrected chi connectivity index (χ3v) is 2.73. The summed E-state index contributed by atoms with van der Waals surface area (Å²) < 4.78 is 18.3. The van der Waals surface area contributed by atoms with E-state index in [1.54, 1.807) is 13.2 Å². The molecule has 0 amide bonds. The minimum Gasteiger partial charge on any atom is -0.494 e. The molecule has 1 N–H and O–H groups in total. The predicted octanol–water partition coefficient (Wildman–Crippen LogP) is 2.75. The highest BCUT2D eigenvalue weighted by Crippen LogP contribution is 2.38. The Bertz CT molecular complexity index is 351. The molecule has 0 fully saturated rings. The van der Waals surface area contributed by atoms with Gasteiger partial charge in [0.1, 0.15) is 11.6 Å². The fraction of sp³-hybridized carbons (Fsp3) is 0.455. The standard InChI is InChI=1S/C11H14FNO/c1-7-3-4-13-11-9(7)5-8(12)6-10(11)14-2/h5-7,13H,3-4H2,1-2H3. The third kappa shape index (κ3) is 1.43. The number of ether oxygens (including phenoxy) is 1. The van der Waals surface area contributed by atoms with E-state index in [2.05, 4.69) is 12.2 Å². The summed E-state index contributed by atoms with van der Waals surface area (Å²) in [5.74, 6) is 0.776. The van der Waals surface area contributed by atoms with Crippen LogP contribution in [0, 0.1) is 5.82 Å². The van der Waals surface area contributed by atoms with Crippen molar-refractivity contribution in [1.29, 1.82) is 0 Å². The fourth-order valence-corrected chi connectivity index (χ4v) is 1.91. The van der Waals surface area contributed by atoms with Crippen LogP contribution in [0.1, 0.15) is 24.8 Å². The lowest BCUT2D eigenvalue weighted by atomic mass is 9.92. The fourth-order valence-electron chi connectivity index (χ4n) is 1.91. The zero-order chi connectivity index (χ0) is 10.1. The van der Waals surface area contributed by atoms with Gasteiger partial charge >= 0.3 is 0 Å². The van der Waals surface area contributed by atoms with Crippen molar-refractivity contribution < 1.29 is 9.13 Å². The number of hydrogen-bond acceptors (Lipinski definition) is 2. The van der Waals surface area contributed by atoms with Crippen LogP contribution in [0.2, 0.25) is 0 Å². The zero-order valence-corrected chi connectivity index (χ0v) is 8.43. The number of hydrogen-bond donors (Lipinski definition) is 1. The van der Waals surface area contributed by atoms with E-state index in [-0.39, 0.29) is 5.82 Å². The summed E-state index contributed by atoms with van der Waals surface area (Å²) in [5, 5.41) is 3.25. The Morgan fingerprint density at radius 1 is 1.50 bits per heavy atom. The Morgan fingerprint density at radius 3 is 3.00 bits per heavy atom. The summed E-state index contributed by atoms with van der Waals surface area (Å²) in [4.78, 5) is 0. The van der Waals surface area contributed by atoms with Crippen molar-refractivity contribution in [2.24, 2.45) is 0 Å². The van der Waals surface area contributed by atoms with Gasteiger partial charge in [0.2, 0.25) is 0 Å². The van der Waals surface area contributed by atoms with Gasteiger partial charge in [-0.1, -0.05) is 6.92 Å². The van der Waals surface area contributed by atoms with Crippen molar-refractivity contribution >= 4 is 5.69 Å². The van der Waals surface area contributed by atoms with Crippen LogP contribution in [-0.4, -0.2) is 13.7 Å².